The number of allylic oxidation sites excluding steroid dienone is 1. The minimum absolute atomic E-state index is 0.263. The van der Waals surface area contributed by atoms with Gasteiger partial charge in [-0.25, -0.2) is 4.79 Å². The first kappa shape index (κ1) is 24.6. The molecule has 4 nitrogen and oxygen atoms in total. The fraction of sp³-hybridized carbons (Fsp3) is 0.778. The topological polar surface area (TPSA) is 55.4 Å². The van der Waals surface area contributed by atoms with Crippen LogP contribution in [0.4, 0.5) is 0 Å². The Morgan fingerprint density at radius 1 is 0.920 bits per heavy atom. The Kier molecular flexibility index (Phi) is 14.4. The SMILES string of the molecule is CCCCCCCCCCC/C(=C\C(=O)OCC)NC(=O)C(Cl)(Cl)Cl. The van der Waals surface area contributed by atoms with Gasteiger partial charge in [-0.2, -0.15) is 0 Å². The van der Waals surface area contributed by atoms with Crippen molar-refractivity contribution in [2.75, 3.05) is 6.61 Å². The van der Waals surface area contributed by atoms with Gasteiger partial charge < -0.3 is 10.1 Å². The lowest BCUT2D eigenvalue weighted by Gasteiger charge is -2.14. The van der Waals surface area contributed by atoms with Gasteiger partial charge in [0.1, 0.15) is 0 Å². The maximum absolute atomic E-state index is 11.8. The minimum Gasteiger partial charge on any atom is -0.463 e. The minimum atomic E-state index is -2.06. The molecule has 0 radical (unpaired) electrons. The second kappa shape index (κ2) is 14.7. The van der Waals surface area contributed by atoms with Gasteiger partial charge in [0.05, 0.1) is 6.61 Å². The normalized spacial score (nSPS) is 12.1. The van der Waals surface area contributed by atoms with E-state index in [1.165, 1.54) is 44.6 Å². The number of nitrogens with one attached hydrogen (secondary N) is 1. The summed E-state index contributed by atoms with van der Waals surface area (Å²) in [6, 6.07) is 0. The standard InChI is InChI=1S/C18H30Cl3NO3/c1-3-5-6-7-8-9-10-11-12-13-15(14-16(23)25-4-2)22-17(24)18(19,20)21/h14H,3-13H2,1-2H3,(H,22,24)/b15-14+. The number of hydrogen-bond donors (Lipinski definition) is 1. The number of unbranched alkanes of at least 4 members (excludes halogenated alkanes) is 8. The molecular weight excluding hydrogens is 385 g/mol. The average Bonchev–Trinajstić information content (AvgIpc) is 2.52. The molecule has 0 aromatic rings. The van der Waals surface area contributed by atoms with Crippen molar-refractivity contribution in [3.8, 4) is 0 Å². The Balaban J connectivity index is 4.23. The van der Waals surface area contributed by atoms with Gasteiger partial charge in [-0.3, -0.25) is 4.79 Å². The molecule has 1 N–H and O–H groups in total. The average molecular weight is 415 g/mol. The van der Waals surface area contributed by atoms with Crippen LogP contribution in [0.3, 0.4) is 0 Å². The molecule has 0 atom stereocenters. The Morgan fingerprint density at radius 2 is 1.44 bits per heavy atom. The molecule has 25 heavy (non-hydrogen) atoms. The van der Waals surface area contributed by atoms with Crippen LogP contribution in [0.2, 0.25) is 0 Å². The number of halogens is 3. The predicted octanol–water partition coefficient (Wildman–Crippen LogP) is 5.84. The maximum atomic E-state index is 11.8. The third kappa shape index (κ3) is 14.4. The van der Waals surface area contributed by atoms with Crippen LogP contribution in [-0.4, -0.2) is 22.3 Å². The van der Waals surface area contributed by atoms with E-state index in [-0.39, 0.29) is 6.61 Å². The van der Waals surface area contributed by atoms with E-state index in [1.54, 1.807) is 6.92 Å². The molecule has 0 saturated carbocycles. The first-order valence-corrected chi connectivity index (χ1v) is 10.2. The molecule has 0 aliphatic rings. The highest BCUT2D eigenvalue weighted by molar-refractivity contribution is 6.76. The molecule has 0 fully saturated rings. The van der Waals surface area contributed by atoms with E-state index in [0.717, 1.165) is 19.3 Å². The van der Waals surface area contributed by atoms with Gasteiger partial charge in [-0.1, -0.05) is 93.1 Å². The van der Waals surface area contributed by atoms with Crippen molar-refractivity contribution in [3.05, 3.63) is 11.8 Å². The van der Waals surface area contributed by atoms with Crippen LogP contribution in [-0.2, 0) is 14.3 Å². The molecule has 1 amide bonds. The van der Waals surface area contributed by atoms with Crippen molar-refractivity contribution < 1.29 is 14.3 Å². The third-order valence-corrected chi connectivity index (χ3v) is 4.17. The van der Waals surface area contributed by atoms with Gasteiger partial charge in [0.25, 0.3) is 9.70 Å². The molecular formula is C18H30Cl3NO3. The Labute approximate surface area is 166 Å². The molecule has 0 aromatic heterocycles. The number of ether oxygens (including phenoxy) is 1. The van der Waals surface area contributed by atoms with Crippen molar-refractivity contribution in [1.29, 1.82) is 0 Å². The van der Waals surface area contributed by atoms with Gasteiger partial charge in [0.15, 0.2) is 0 Å². The first-order chi connectivity index (χ1) is 11.8. The lowest BCUT2D eigenvalue weighted by atomic mass is 10.1. The van der Waals surface area contributed by atoms with E-state index < -0.39 is 15.7 Å². The summed E-state index contributed by atoms with van der Waals surface area (Å²) in [7, 11) is 0. The monoisotopic (exact) mass is 413 g/mol. The largest absolute Gasteiger partial charge is 0.463 e. The van der Waals surface area contributed by atoms with Crippen molar-refractivity contribution in [1.82, 2.24) is 5.32 Å². The zero-order valence-corrected chi connectivity index (χ0v) is 17.5. The van der Waals surface area contributed by atoms with Gasteiger partial charge in [-0.15, -0.1) is 0 Å². The van der Waals surface area contributed by atoms with Crippen LogP contribution < -0.4 is 5.32 Å². The molecule has 7 heteroatoms. The van der Waals surface area contributed by atoms with Crippen LogP contribution in [0.5, 0.6) is 0 Å². The summed E-state index contributed by atoms with van der Waals surface area (Å²) in [6.45, 7) is 4.19. The highest BCUT2D eigenvalue weighted by Gasteiger charge is 2.31. The van der Waals surface area contributed by atoms with E-state index in [4.69, 9.17) is 39.5 Å². The zero-order chi connectivity index (χ0) is 19.1. The van der Waals surface area contributed by atoms with E-state index in [9.17, 15) is 9.59 Å². The van der Waals surface area contributed by atoms with E-state index in [2.05, 4.69) is 12.2 Å². The molecule has 0 unspecified atom stereocenters. The fourth-order valence-electron chi connectivity index (χ4n) is 2.34. The summed E-state index contributed by atoms with van der Waals surface area (Å²) in [5.74, 6) is -1.29. The highest BCUT2D eigenvalue weighted by Crippen LogP contribution is 2.26. The third-order valence-electron chi connectivity index (χ3n) is 3.66. The second-order valence-electron chi connectivity index (χ2n) is 5.95. The molecule has 0 spiro atoms. The van der Waals surface area contributed by atoms with Crippen molar-refractivity contribution >= 4 is 46.7 Å². The number of esters is 1. The van der Waals surface area contributed by atoms with Crippen LogP contribution in [0.25, 0.3) is 0 Å². The molecule has 0 rings (SSSR count). The lowest BCUT2D eigenvalue weighted by molar-refractivity contribution is -0.137. The summed E-state index contributed by atoms with van der Waals surface area (Å²) in [4.78, 5) is 23.4. The van der Waals surface area contributed by atoms with Crippen molar-refractivity contribution in [3.63, 3.8) is 0 Å². The molecule has 0 aromatic carbocycles. The Bertz CT molecular complexity index is 420. The highest BCUT2D eigenvalue weighted by atomic mass is 35.6. The molecule has 0 heterocycles. The number of amides is 1. The van der Waals surface area contributed by atoms with E-state index >= 15 is 0 Å². The smallest absolute Gasteiger partial charge is 0.332 e. The predicted molar refractivity (Wildman–Crippen MR) is 105 cm³/mol. The molecule has 0 saturated heterocycles. The molecule has 0 aliphatic heterocycles. The van der Waals surface area contributed by atoms with Crippen LogP contribution >= 0.6 is 34.8 Å². The second-order valence-corrected chi connectivity index (χ2v) is 8.23. The summed E-state index contributed by atoms with van der Waals surface area (Å²) in [6.07, 6.45) is 12.4. The Hall–Kier alpha value is -0.450. The van der Waals surface area contributed by atoms with Crippen LogP contribution in [0.1, 0.15) is 78.1 Å². The summed E-state index contributed by atoms with van der Waals surface area (Å²) in [5, 5.41) is 2.50. The maximum Gasteiger partial charge on any atom is 0.332 e. The number of alkyl halides is 3. The van der Waals surface area contributed by atoms with E-state index in [1.807, 2.05) is 0 Å². The van der Waals surface area contributed by atoms with Crippen molar-refractivity contribution in [2.45, 2.75) is 81.8 Å². The quantitative estimate of drug-likeness (QED) is 0.178. The number of rotatable bonds is 13. The number of carbonyl (C=O) groups is 2. The Morgan fingerprint density at radius 3 is 1.92 bits per heavy atom. The van der Waals surface area contributed by atoms with E-state index in [0.29, 0.717) is 12.1 Å². The number of carbonyl (C=O) groups excluding carboxylic acids is 2. The molecule has 0 bridgehead atoms. The van der Waals surface area contributed by atoms with Crippen LogP contribution in [0.15, 0.2) is 11.8 Å². The van der Waals surface area contributed by atoms with Gasteiger partial charge in [0.2, 0.25) is 0 Å². The summed E-state index contributed by atoms with van der Waals surface area (Å²) in [5.41, 5.74) is 0.415. The molecule has 146 valence electrons. The zero-order valence-electron chi connectivity index (χ0n) is 15.2. The summed E-state index contributed by atoms with van der Waals surface area (Å²) >= 11 is 16.7. The lowest BCUT2D eigenvalue weighted by Crippen LogP contribution is -2.34. The van der Waals surface area contributed by atoms with Crippen LogP contribution in [0, 0.1) is 0 Å². The number of hydrogen-bond acceptors (Lipinski definition) is 3. The molecule has 0 aliphatic carbocycles. The summed E-state index contributed by atoms with van der Waals surface area (Å²) < 4.78 is 2.80. The van der Waals surface area contributed by atoms with Crippen molar-refractivity contribution in [2.24, 2.45) is 0 Å². The van der Waals surface area contributed by atoms with Gasteiger partial charge in [0, 0.05) is 11.8 Å². The van der Waals surface area contributed by atoms with Gasteiger partial charge >= 0.3 is 5.97 Å². The fourth-order valence-corrected chi connectivity index (χ4v) is 2.48. The first-order valence-electron chi connectivity index (χ1n) is 9.06. The van der Waals surface area contributed by atoms with Gasteiger partial charge in [-0.05, 0) is 19.8 Å².